The van der Waals surface area contributed by atoms with Gasteiger partial charge in [0.25, 0.3) is 10.0 Å². The summed E-state index contributed by atoms with van der Waals surface area (Å²) >= 11 is 0.983. The van der Waals surface area contributed by atoms with Crippen LogP contribution in [0.2, 0.25) is 0 Å². The van der Waals surface area contributed by atoms with Gasteiger partial charge < -0.3 is 5.11 Å². The standard InChI is InChI=1S/C11H8N4O4S2/c12-4-7-1-2-9(5-13-7)21(18,19)15-11-14-8(6-20-11)3-10(16)17/h1-2,5-6H,3H2,(H,14,15)(H,16,17). The Labute approximate surface area is 123 Å². The number of nitrogens with one attached hydrogen (secondary N) is 1. The average Bonchev–Trinajstić information content (AvgIpc) is 2.84. The molecule has 0 saturated heterocycles. The summed E-state index contributed by atoms with van der Waals surface area (Å²) in [6, 6.07) is 4.32. The molecule has 2 heterocycles. The molecule has 10 heteroatoms. The fourth-order valence-corrected chi connectivity index (χ4v) is 3.28. The minimum absolute atomic E-state index is 0.0654. The van der Waals surface area contributed by atoms with E-state index in [1.807, 2.05) is 0 Å². The Morgan fingerprint density at radius 3 is 2.81 bits per heavy atom. The van der Waals surface area contributed by atoms with Crippen LogP contribution < -0.4 is 4.72 Å². The maximum Gasteiger partial charge on any atom is 0.309 e. The number of carboxylic acids is 1. The van der Waals surface area contributed by atoms with Gasteiger partial charge in [0.2, 0.25) is 0 Å². The second kappa shape index (κ2) is 5.86. The highest BCUT2D eigenvalue weighted by molar-refractivity contribution is 7.93. The summed E-state index contributed by atoms with van der Waals surface area (Å²) in [7, 11) is -3.87. The van der Waals surface area contributed by atoms with E-state index in [0.717, 1.165) is 17.5 Å². The predicted octanol–water partition coefficient (Wildman–Crippen LogP) is 0.838. The van der Waals surface area contributed by atoms with E-state index in [0.29, 0.717) is 0 Å². The number of rotatable bonds is 5. The van der Waals surface area contributed by atoms with Crippen molar-refractivity contribution >= 4 is 32.5 Å². The number of nitrogens with zero attached hydrogens (tertiary/aromatic N) is 3. The zero-order valence-electron chi connectivity index (χ0n) is 10.3. The van der Waals surface area contributed by atoms with E-state index in [-0.39, 0.29) is 27.8 Å². The predicted molar refractivity (Wildman–Crippen MR) is 73.2 cm³/mol. The molecule has 0 aliphatic carbocycles. The number of thiazole rings is 1. The normalized spacial score (nSPS) is 10.8. The molecular formula is C11H8N4O4S2. The van der Waals surface area contributed by atoms with Crippen molar-refractivity contribution in [3.63, 3.8) is 0 Å². The second-order valence-corrected chi connectivity index (χ2v) is 6.35. The second-order valence-electron chi connectivity index (χ2n) is 3.81. The van der Waals surface area contributed by atoms with Crippen molar-refractivity contribution in [3.05, 3.63) is 35.1 Å². The molecule has 8 nitrogen and oxygen atoms in total. The molecule has 0 aromatic carbocycles. The lowest BCUT2D eigenvalue weighted by Crippen LogP contribution is -2.13. The summed E-state index contributed by atoms with van der Waals surface area (Å²) in [5.41, 5.74) is 0.370. The van der Waals surface area contributed by atoms with Crippen LogP contribution in [-0.2, 0) is 21.2 Å². The molecule has 0 aliphatic rings. The molecule has 0 amide bonds. The molecule has 0 fully saturated rings. The van der Waals surface area contributed by atoms with Gasteiger partial charge in [0.15, 0.2) is 5.13 Å². The summed E-state index contributed by atoms with van der Waals surface area (Å²) in [6.07, 6.45) is 0.781. The minimum atomic E-state index is -3.87. The Kier molecular flexibility index (Phi) is 4.15. The number of sulfonamides is 1. The van der Waals surface area contributed by atoms with Gasteiger partial charge in [-0.25, -0.2) is 18.4 Å². The topological polar surface area (TPSA) is 133 Å². The fraction of sp³-hybridized carbons (Fsp3) is 0.0909. The Hall–Kier alpha value is -2.51. The number of aliphatic carboxylic acids is 1. The Bertz CT molecular complexity index is 805. The summed E-state index contributed by atoms with van der Waals surface area (Å²) in [5, 5.41) is 18.8. The number of carboxylic acid groups (broad SMARTS) is 1. The van der Waals surface area contributed by atoms with Gasteiger partial charge >= 0.3 is 5.97 Å². The average molecular weight is 324 g/mol. The molecule has 0 radical (unpaired) electrons. The number of hydrogen-bond donors (Lipinski definition) is 2. The first kappa shape index (κ1) is 14.9. The van der Waals surface area contributed by atoms with Crippen LogP contribution in [0.4, 0.5) is 5.13 Å². The summed E-state index contributed by atoms with van der Waals surface area (Å²) < 4.78 is 26.3. The summed E-state index contributed by atoms with van der Waals surface area (Å²) in [4.78, 5) is 18.0. The molecule has 2 rings (SSSR count). The van der Waals surface area contributed by atoms with E-state index in [1.165, 1.54) is 17.5 Å². The number of anilines is 1. The third kappa shape index (κ3) is 3.74. The van der Waals surface area contributed by atoms with Crippen LogP contribution >= 0.6 is 11.3 Å². The molecule has 21 heavy (non-hydrogen) atoms. The van der Waals surface area contributed by atoms with Crippen molar-refractivity contribution in [2.24, 2.45) is 0 Å². The molecule has 108 valence electrons. The van der Waals surface area contributed by atoms with Crippen molar-refractivity contribution < 1.29 is 18.3 Å². The van der Waals surface area contributed by atoms with Crippen LogP contribution in [0.1, 0.15) is 11.4 Å². The van der Waals surface area contributed by atoms with Gasteiger partial charge in [0, 0.05) is 11.6 Å². The molecule has 2 aromatic heterocycles. The van der Waals surface area contributed by atoms with Gasteiger partial charge in [-0.3, -0.25) is 9.52 Å². The monoisotopic (exact) mass is 324 g/mol. The number of pyridine rings is 1. The first-order valence-electron chi connectivity index (χ1n) is 5.46. The smallest absolute Gasteiger partial charge is 0.309 e. The van der Waals surface area contributed by atoms with E-state index in [1.54, 1.807) is 6.07 Å². The number of carbonyl (C=O) groups is 1. The fourth-order valence-electron chi connectivity index (χ4n) is 1.37. The van der Waals surface area contributed by atoms with E-state index < -0.39 is 16.0 Å². The largest absolute Gasteiger partial charge is 0.481 e. The summed E-state index contributed by atoms with van der Waals surface area (Å²) in [6.45, 7) is 0. The number of aromatic nitrogens is 2. The SMILES string of the molecule is N#Cc1ccc(S(=O)(=O)Nc2nc(CC(=O)O)cs2)cn1. The number of nitriles is 1. The highest BCUT2D eigenvalue weighted by Gasteiger charge is 2.17. The van der Waals surface area contributed by atoms with Gasteiger partial charge in [-0.1, -0.05) is 0 Å². The lowest BCUT2D eigenvalue weighted by atomic mass is 10.3. The Morgan fingerprint density at radius 1 is 1.48 bits per heavy atom. The molecule has 0 spiro atoms. The highest BCUT2D eigenvalue weighted by atomic mass is 32.2. The van der Waals surface area contributed by atoms with Crippen molar-refractivity contribution in [1.82, 2.24) is 9.97 Å². The molecule has 0 aliphatic heterocycles. The van der Waals surface area contributed by atoms with Crippen LogP contribution in [0.25, 0.3) is 0 Å². The quantitative estimate of drug-likeness (QED) is 0.832. The van der Waals surface area contributed by atoms with Gasteiger partial charge in [0.05, 0.1) is 12.1 Å². The van der Waals surface area contributed by atoms with Crippen LogP contribution in [0.3, 0.4) is 0 Å². The van der Waals surface area contributed by atoms with Crippen LogP contribution in [-0.4, -0.2) is 29.5 Å². The maximum atomic E-state index is 12.0. The molecule has 2 N–H and O–H groups in total. The van der Waals surface area contributed by atoms with Crippen molar-refractivity contribution in [2.75, 3.05) is 4.72 Å². The maximum absolute atomic E-state index is 12.0. The third-order valence-electron chi connectivity index (χ3n) is 2.27. The van der Waals surface area contributed by atoms with E-state index in [4.69, 9.17) is 10.4 Å². The van der Waals surface area contributed by atoms with Gasteiger partial charge in [-0.15, -0.1) is 11.3 Å². The molecule has 0 atom stereocenters. The van der Waals surface area contributed by atoms with E-state index in [9.17, 15) is 13.2 Å². The van der Waals surface area contributed by atoms with Gasteiger partial charge in [-0.2, -0.15) is 5.26 Å². The first-order valence-corrected chi connectivity index (χ1v) is 7.82. The zero-order valence-corrected chi connectivity index (χ0v) is 12.0. The van der Waals surface area contributed by atoms with Crippen molar-refractivity contribution in [2.45, 2.75) is 11.3 Å². The van der Waals surface area contributed by atoms with Crippen molar-refractivity contribution in [1.29, 1.82) is 5.26 Å². The van der Waals surface area contributed by atoms with Crippen LogP contribution in [0, 0.1) is 11.3 Å². The van der Waals surface area contributed by atoms with Gasteiger partial charge in [-0.05, 0) is 12.1 Å². The Morgan fingerprint density at radius 2 is 2.24 bits per heavy atom. The first-order chi connectivity index (χ1) is 9.90. The van der Waals surface area contributed by atoms with E-state index >= 15 is 0 Å². The number of hydrogen-bond acceptors (Lipinski definition) is 7. The molecule has 2 aromatic rings. The molecule has 0 bridgehead atoms. The Balaban J connectivity index is 2.18. The van der Waals surface area contributed by atoms with Crippen LogP contribution in [0.15, 0.2) is 28.6 Å². The van der Waals surface area contributed by atoms with Crippen molar-refractivity contribution in [3.8, 4) is 6.07 Å². The zero-order chi connectivity index (χ0) is 15.5. The molecule has 0 unspecified atom stereocenters. The lowest BCUT2D eigenvalue weighted by Gasteiger charge is -2.04. The minimum Gasteiger partial charge on any atom is -0.481 e. The van der Waals surface area contributed by atoms with Gasteiger partial charge in [0.1, 0.15) is 16.7 Å². The summed E-state index contributed by atoms with van der Waals surface area (Å²) in [5.74, 6) is -1.05. The third-order valence-corrected chi connectivity index (χ3v) is 4.53. The molecule has 0 saturated carbocycles. The highest BCUT2D eigenvalue weighted by Crippen LogP contribution is 2.20. The van der Waals surface area contributed by atoms with E-state index in [2.05, 4.69) is 14.7 Å². The molecular weight excluding hydrogens is 316 g/mol. The van der Waals surface area contributed by atoms with Crippen LogP contribution in [0.5, 0.6) is 0 Å². The lowest BCUT2D eigenvalue weighted by molar-refractivity contribution is -0.136.